The van der Waals surface area contributed by atoms with E-state index in [-0.39, 0.29) is 5.91 Å². The summed E-state index contributed by atoms with van der Waals surface area (Å²) in [6, 6.07) is 5.26. The molecule has 4 nitrogen and oxygen atoms in total. The van der Waals surface area contributed by atoms with Crippen molar-refractivity contribution in [2.24, 2.45) is 0 Å². The van der Waals surface area contributed by atoms with Crippen molar-refractivity contribution in [3.05, 3.63) is 28.8 Å². The molecular weight excluding hydrogens is 264 g/mol. The number of aldehydes is 1. The summed E-state index contributed by atoms with van der Waals surface area (Å²) >= 11 is 6.05. The zero-order valence-electron chi connectivity index (χ0n) is 11.3. The second-order valence-corrected chi connectivity index (χ2v) is 5.67. The second kappa shape index (κ2) is 4.85. The highest BCUT2D eigenvalue weighted by Crippen LogP contribution is 2.31. The number of hydrogen-bond acceptors (Lipinski definition) is 3. The lowest BCUT2D eigenvalue weighted by Crippen LogP contribution is -2.62. The molecule has 1 aliphatic rings. The molecule has 0 atom stereocenters. The number of carbonyl (C=O) groups is 2. The number of benzene rings is 1. The van der Waals surface area contributed by atoms with Crippen LogP contribution in [-0.2, 0) is 4.79 Å². The van der Waals surface area contributed by atoms with Gasteiger partial charge in [0.15, 0.2) is 6.29 Å². The van der Waals surface area contributed by atoms with Crippen LogP contribution in [0.5, 0.6) is 0 Å². The van der Waals surface area contributed by atoms with Gasteiger partial charge in [0, 0.05) is 31.4 Å². The summed E-state index contributed by atoms with van der Waals surface area (Å²) in [4.78, 5) is 26.8. The van der Waals surface area contributed by atoms with E-state index >= 15 is 0 Å². The Balaban J connectivity index is 2.38. The van der Waals surface area contributed by atoms with Crippen molar-refractivity contribution in [1.29, 1.82) is 0 Å². The van der Waals surface area contributed by atoms with Crippen LogP contribution in [0.25, 0.3) is 0 Å². The molecule has 0 N–H and O–H groups in total. The molecular formula is C14H17ClN2O2. The number of hydrogen-bond donors (Lipinski definition) is 0. The summed E-state index contributed by atoms with van der Waals surface area (Å²) in [5.74, 6) is 0.0781. The van der Waals surface area contributed by atoms with Crippen molar-refractivity contribution in [3.8, 4) is 0 Å². The lowest BCUT2D eigenvalue weighted by molar-refractivity contribution is -0.136. The van der Waals surface area contributed by atoms with Crippen LogP contribution in [0.1, 0.15) is 24.2 Å². The van der Waals surface area contributed by atoms with Gasteiger partial charge in [-0.1, -0.05) is 11.6 Å². The Bertz CT molecular complexity index is 528. The monoisotopic (exact) mass is 280 g/mol. The molecule has 1 heterocycles. The Hall–Kier alpha value is -1.55. The van der Waals surface area contributed by atoms with Crippen molar-refractivity contribution in [2.75, 3.05) is 25.0 Å². The summed E-state index contributed by atoms with van der Waals surface area (Å²) in [5, 5.41) is 0.412. The number of likely N-dealkylation sites (N-methyl/N-ethyl adjacent to an activating group) is 1. The van der Waals surface area contributed by atoms with Crippen LogP contribution < -0.4 is 4.90 Å². The summed E-state index contributed by atoms with van der Waals surface area (Å²) in [6.45, 7) is 5.21. The molecule has 102 valence electrons. The fourth-order valence-electron chi connectivity index (χ4n) is 2.44. The molecule has 1 aliphatic heterocycles. The van der Waals surface area contributed by atoms with E-state index in [0.29, 0.717) is 17.1 Å². The van der Waals surface area contributed by atoms with E-state index in [2.05, 4.69) is 0 Å². The van der Waals surface area contributed by atoms with Gasteiger partial charge in [0.1, 0.15) is 5.54 Å². The summed E-state index contributed by atoms with van der Waals surface area (Å²) < 4.78 is 0. The SMILES string of the molecule is CN1CCN(c2ccc(C=O)c(Cl)c2)C(C)(C)C1=O. The van der Waals surface area contributed by atoms with Crippen LogP contribution in [0.2, 0.25) is 5.02 Å². The van der Waals surface area contributed by atoms with Gasteiger partial charge in [-0.05, 0) is 32.0 Å². The summed E-state index contributed by atoms with van der Waals surface area (Å²) in [7, 11) is 1.81. The topological polar surface area (TPSA) is 40.6 Å². The molecule has 1 aromatic carbocycles. The smallest absolute Gasteiger partial charge is 0.247 e. The number of amides is 1. The first-order valence-corrected chi connectivity index (χ1v) is 6.53. The van der Waals surface area contributed by atoms with Crippen LogP contribution in [0, 0.1) is 0 Å². The van der Waals surface area contributed by atoms with E-state index in [1.807, 2.05) is 31.9 Å². The number of anilines is 1. The van der Waals surface area contributed by atoms with Crippen LogP contribution in [0.3, 0.4) is 0 Å². The molecule has 19 heavy (non-hydrogen) atoms. The van der Waals surface area contributed by atoms with Gasteiger partial charge < -0.3 is 9.80 Å². The first kappa shape index (κ1) is 13.9. The van der Waals surface area contributed by atoms with Crippen molar-refractivity contribution in [1.82, 2.24) is 4.90 Å². The van der Waals surface area contributed by atoms with E-state index in [9.17, 15) is 9.59 Å². The molecule has 2 rings (SSSR count). The Labute approximate surface area is 117 Å². The molecule has 1 aromatic rings. The first-order valence-electron chi connectivity index (χ1n) is 6.16. The van der Waals surface area contributed by atoms with E-state index in [1.54, 1.807) is 17.0 Å². The van der Waals surface area contributed by atoms with Crippen molar-refractivity contribution in [3.63, 3.8) is 0 Å². The molecule has 0 radical (unpaired) electrons. The number of rotatable bonds is 2. The highest BCUT2D eigenvalue weighted by atomic mass is 35.5. The predicted octanol–water partition coefficient (Wildman–Crippen LogP) is 2.21. The Morgan fingerprint density at radius 2 is 2.00 bits per heavy atom. The van der Waals surface area contributed by atoms with Crippen LogP contribution in [0.15, 0.2) is 18.2 Å². The summed E-state index contributed by atoms with van der Waals surface area (Å²) in [6.07, 6.45) is 0.729. The zero-order valence-corrected chi connectivity index (χ0v) is 12.1. The average molecular weight is 281 g/mol. The van der Waals surface area contributed by atoms with Crippen LogP contribution in [0.4, 0.5) is 5.69 Å². The normalized spacial score (nSPS) is 18.6. The van der Waals surface area contributed by atoms with Crippen LogP contribution in [-0.4, -0.2) is 42.8 Å². The van der Waals surface area contributed by atoms with Crippen LogP contribution >= 0.6 is 11.6 Å². The van der Waals surface area contributed by atoms with E-state index in [1.165, 1.54) is 0 Å². The molecule has 0 aromatic heterocycles. The third kappa shape index (κ3) is 2.32. The zero-order chi connectivity index (χ0) is 14.2. The fourth-order valence-corrected chi connectivity index (χ4v) is 2.66. The van der Waals surface area contributed by atoms with Crippen molar-refractivity contribution in [2.45, 2.75) is 19.4 Å². The predicted molar refractivity (Wildman–Crippen MR) is 75.9 cm³/mol. The number of nitrogens with zero attached hydrogens (tertiary/aromatic N) is 2. The van der Waals surface area contributed by atoms with E-state index in [4.69, 9.17) is 11.6 Å². The molecule has 0 saturated carbocycles. The Morgan fingerprint density at radius 3 is 2.58 bits per heavy atom. The van der Waals surface area contributed by atoms with Gasteiger partial charge in [-0.15, -0.1) is 0 Å². The van der Waals surface area contributed by atoms with E-state index < -0.39 is 5.54 Å². The Kier molecular flexibility index (Phi) is 3.54. The van der Waals surface area contributed by atoms with Crippen molar-refractivity contribution >= 4 is 29.5 Å². The van der Waals surface area contributed by atoms with Crippen molar-refractivity contribution < 1.29 is 9.59 Å². The molecule has 1 saturated heterocycles. The minimum Gasteiger partial charge on any atom is -0.356 e. The highest BCUT2D eigenvalue weighted by molar-refractivity contribution is 6.33. The molecule has 5 heteroatoms. The lowest BCUT2D eigenvalue weighted by Gasteiger charge is -2.46. The number of carbonyl (C=O) groups excluding carboxylic acids is 2. The van der Waals surface area contributed by atoms with Gasteiger partial charge >= 0.3 is 0 Å². The minimum atomic E-state index is -0.612. The number of piperazine rings is 1. The molecule has 0 bridgehead atoms. The number of halogens is 1. The third-order valence-corrected chi connectivity index (χ3v) is 3.95. The quantitative estimate of drug-likeness (QED) is 0.780. The van der Waals surface area contributed by atoms with E-state index in [0.717, 1.165) is 18.5 Å². The van der Waals surface area contributed by atoms with Gasteiger partial charge in [0.25, 0.3) is 0 Å². The Morgan fingerprint density at radius 1 is 1.32 bits per heavy atom. The molecule has 0 aliphatic carbocycles. The van der Waals surface area contributed by atoms with Gasteiger partial charge in [-0.25, -0.2) is 0 Å². The molecule has 1 fully saturated rings. The highest BCUT2D eigenvalue weighted by Gasteiger charge is 2.40. The molecule has 0 spiro atoms. The maximum Gasteiger partial charge on any atom is 0.247 e. The molecule has 1 amide bonds. The van der Waals surface area contributed by atoms with Gasteiger partial charge in [0.05, 0.1) is 5.02 Å². The molecule has 0 unspecified atom stereocenters. The minimum absolute atomic E-state index is 0.0781. The standard InChI is InChI=1S/C14H17ClN2O2/c1-14(2)13(19)16(3)6-7-17(14)11-5-4-10(9-18)12(15)8-11/h4-5,8-9H,6-7H2,1-3H3. The third-order valence-electron chi connectivity index (χ3n) is 3.63. The fraction of sp³-hybridized carbons (Fsp3) is 0.429. The van der Waals surface area contributed by atoms with Gasteiger partial charge in [-0.3, -0.25) is 9.59 Å². The lowest BCUT2D eigenvalue weighted by atomic mass is 9.96. The maximum absolute atomic E-state index is 12.2. The summed E-state index contributed by atoms with van der Waals surface area (Å²) in [5.41, 5.74) is 0.713. The maximum atomic E-state index is 12.2. The second-order valence-electron chi connectivity index (χ2n) is 5.26. The first-order chi connectivity index (χ1) is 8.87. The van der Waals surface area contributed by atoms with Gasteiger partial charge in [0.2, 0.25) is 5.91 Å². The van der Waals surface area contributed by atoms with Gasteiger partial charge in [-0.2, -0.15) is 0 Å². The largest absolute Gasteiger partial charge is 0.356 e. The average Bonchev–Trinajstić information content (AvgIpc) is 2.36.